The Balaban J connectivity index is 1.91. The Morgan fingerprint density at radius 1 is 1.29 bits per heavy atom. The van der Waals surface area contributed by atoms with E-state index >= 15 is 0 Å². The number of aromatic nitrogens is 4. The molecule has 106 valence electrons. The van der Waals surface area contributed by atoms with Crippen molar-refractivity contribution in [3.8, 4) is 0 Å². The number of nitrogens with one attached hydrogen (secondary N) is 1. The average Bonchev–Trinajstić information content (AvgIpc) is 2.94. The number of ketones is 1. The molecule has 2 aromatic rings. The van der Waals surface area contributed by atoms with Gasteiger partial charge >= 0.3 is 0 Å². The van der Waals surface area contributed by atoms with Crippen molar-refractivity contribution in [2.75, 3.05) is 16.8 Å². The molecule has 2 aliphatic heterocycles. The number of carbonyl (C=O) groups is 1. The van der Waals surface area contributed by atoms with Crippen LogP contribution in [0.5, 0.6) is 0 Å². The second kappa shape index (κ2) is 4.85. The number of thioether (sulfide) groups is 1. The fraction of sp³-hybridized carbons (Fsp3) is 0.231. The molecule has 1 N–H and O–H groups in total. The smallest absolute Gasteiger partial charge is 0.248 e. The van der Waals surface area contributed by atoms with Crippen LogP contribution in [0.4, 0.5) is 5.95 Å². The highest BCUT2D eigenvalue weighted by Crippen LogP contribution is 2.38. The first-order chi connectivity index (χ1) is 10.2. The van der Waals surface area contributed by atoms with Gasteiger partial charge in [-0.1, -0.05) is 28.8 Å². The third-order valence-electron chi connectivity index (χ3n) is 3.56. The number of tetrazole rings is 1. The van der Waals surface area contributed by atoms with Crippen molar-refractivity contribution < 1.29 is 4.79 Å². The van der Waals surface area contributed by atoms with Crippen LogP contribution in [0.3, 0.4) is 0 Å². The molecule has 1 unspecified atom stereocenters. The van der Waals surface area contributed by atoms with Crippen LogP contribution in [0.15, 0.2) is 35.5 Å². The van der Waals surface area contributed by atoms with Crippen molar-refractivity contribution in [3.63, 3.8) is 0 Å². The monoisotopic (exact) mass is 319 g/mol. The number of benzene rings is 1. The first-order valence-electron chi connectivity index (χ1n) is 6.38. The minimum atomic E-state index is -0.295. The van der Waals surface area contributed by atoms with Crippen molar-refractivity contribution >= 4 is 35.1 Å². The fourth-order valence-electron chi connectivity index (χ4n) is 2.65. The summed E-state index contributed by atoms with van der Waals surface area (Å²) in [5.41, 5.74) is 2.59. The SMILES string of the molecule is O=C1CSCC2=C1C(c1ccc(Cl)cc1)n1nnnc1N2. The Morgan fingerprint density at radius 3 is 2.90 bits per heavy atom. The molecule has 1 aromatic carbocycles. The van der Waals surface area contributed by atoms with Gasteiger partial charge in [0, 0.05) is 22.0 Å². The van der Waals surface area contributed by atoms with Gasteiger partial charge < -0.3 is 5.32 Å². The van der Waals surface area contributed by atoms with E-state index in [0.717, 1.165) is 22.6 Å². The quantitative estimate of drug-likeness (QED) is 0.865. The van der Waals surface area contributed by atoms with Crippen molar-refractivity contribution in [2.45, 2.75) is 6.04 Å². The lowest BCUT2D eigenvalue weighted by atomic mass is 9.93. The van der Waals surface area contributed by atoms with E-state index in [1.807, 2.05) is 24.3 Å². The van der Waals surface area contributed by atoms with Crippen molar-refractivity contribution in [1.29, 1.82) is 0 Å². The lowest BCUT2D eigenvalue weighted by molar-refractivity contribution is -0.113. The van der Waals surface area contributed by atoms with Gasteiger partial charge in [-0.3, -0.25) is 4.79 Å². The van der Waals surface area contributed by atoms with E-state index in [4.69, 9.17) is 11.6 Å². The summed E-state index contributed by atoms with van der Waals surface area (Å²) in [5, 5.41) is 15.5. The number of Topliss-reactive ketones (excluding diaryl/α,β-unsaturated/α-hetero) is 1. The van der Waals surface area contributed by atoms with Gasteiger partial charge in [0.2, 0.25) is 5.95 Å². The molecular formula is C13H10ClN5OS. The highest BCUT2D eigenvalue weighted by atomic mass is 35.5. The highest BCUT2D eigenvalue weighted by Gasteiger charge is 2.36. The van der Waals surface area contributed by atoms with Crippen molar-refractivity contribution in [2.24, 2.45) is 0 Å². The number of carbonyl (C=O) groups excluding carboxylic acids is 1. The normalized spacial score (nSPS) is 20.8. The summed E-state index contributed by atoms with van der Waals surface area (Å²) in [6, 6.07) is 7.14. The average molecular weight is 320 g/mol. The molecule has 8 heteroatoms. The van der Waals surface area contributed by atoms with Gasteiger partial charge in [0.05, 0.1) is 5.75 Å². The molecule has 6 nitrogen and oxygen atoms in total. The molecule has 0 radical (unpaired) electrons. The minimum Gasteiger partial charge on any atom is -0.325 e. The number of allylic oxidation sites excluding steroid dienone is 1. The third kappa shape index (κ3) is 2.04. The Labute approximate surface area is 129 Å². The number of fused-ring (bicyclic) bond motifs is 1. The van der Waals surface area contributed by atoms with Crippen LogP contribution >= 0.6 is 23.4 Å². The fourth-order valence-corrected chi connectivity index (χ4v) is 3.65. The summed E-state index contributed by atoms with van der Waals surface area (Å²) in [6.07, 6.45) is 0. The molecule has 0 saturated heterocycles. The first kappa shape index (κ1) is 12.8. The van der Waals surface area contributed by atoms with E-state index in [1.165, 1.54) is 0 Å². The summed E-state index contributed by atoms with van der Waals surface area (Å²) >= 11 is 7.55. The summed E-state index contributed by atoms with van der Waals surface area (Å²) in [4.78, 5) is 12.4. The number of rotatable bonds is 1. The predicted octanol–water partition coefficient (Wildman–Crippen LogP) is 1.91. The molecule has 0 fully saturated rings. The number of nitrogens with zero attached hydrogens (tertiary/aromatic N) is 4. The van der Waals surface area contributed by atoms with Gasteiger partial charge in [-0.15, -0.1) is 11.8 Å². The standard InChI is InChI=1S/C13H10ClN5OS/c14-8-3-1-7(2-4-8)12-11-9(5-21-6-10(11)20)15-13-16-17-18-19(12)13/h1-4,12H,5-6H2,(H,15,16,18). The van der Waals surface area contributed by atoms with Crippen LogP contribution < -0.4 is 5.32 Å². The van der Waals surface area contributed by atoms with Gasteiger partial charge in [-0.05, 0) is 28.1 Å². The van der Waals surface area contributed by atoms with Gasteiger partial charge in [0.15, 0.2) is 5.78 Å². The molecular weight excluding hydrogens is 310 g/mol. The van der Waals surface area contributed by atoms with Gasteiger partial charge in [-0.2, -0.15) is 4.68 Å². The maximum Gasteiger partial charge on any atom is 0.248 e. The van der Waals surface area contributed by atoms with Gasteiger partial charge in [0.1, 0.15) is 6.04 Å². The summed E-state index contributed by atoms with van der Waals surface area (Å²) in [6.45, 7) is 0. The van der Waals surface area contributed by atoms with Crippen molar-refractivity contribution in [3.05, 3.63) is 46.1 Å². The number of hydrogen-bond donors (Lipinski definition) is 1. The molecule has 1 atom stereocenters. The van der Waals surface area contributed by atoms with E-state index in [0.29, 0.717) is 16.7 Å². The molecule has 2 aliphatic rings. The maximum atomic E-state index is 12.4. The number of anilines is 1. The largest absolute Gasteiger partial charge is 0.325 e. The summed E-state index contributed by atoms with van der Waals surface area (Å²) < 4.78 is 1.65. The maximum absolute atomic E-state index is 12.4. The van der Waals surface area contributed by atoms with Crippen LogP contribution in [0.1, 0.15) is 11.6 Å². The Bertz CT molecular complexity index is 754. The molecule has 0 aliphatic carbocycles. The first-order valence-corrected chi connectivity index (χ1v) is 7.91. The van der Waals surface area contributed by atoms with E-state index in [1.54, 1.807) is 16.4 Å². The van der Waals surface area contributed by atoms with Crippen molar-refractivity contribution in [1.82, 2.24) is 20.2 Å². The van der Waals surface area contributed by atoms with E-state index < -0.39 is 0 Å². The van der Waals surface area contributed by atoms with E-state index in [9.17, 15) is 4.79 Å². The summed E-state index contributed by atoms with van der Waals surface area (Å²) in [7, 11) is 0. The van der Waals surface area contributed by atoms with E-state index in [2.05, 4.69) is 20.8 Å². The molecule has 1 aromatic heterocycles. The Kier molecular flexibility index (Phi) is 2.97. The van der Waals surface area contributed by atoms with Gasteiger partial charge in [-0.25, -0.2) is 0 Å². The molecule has 0 spiro atoms. The van der Waals surface area contributed by atoms with Crippen LogP contribution in [-0.2, 0) is 4.79 Å². The van der Waals surface area contributed by atoms with Crippen LogP contribution in [0.2, 0.25) is 5.02 Å². The second-order valence-electron chi connectivity index (χ2n) is 4.83. The lowest BCUT2D eigenvalue weighted by Gasteiger charge is -2.31. The molecule has 4 rings (SSSR count). The number of halogens is 1. The van der Waals surface area contributed by atoms with Crippen LogP contribution in [0.25, 0.3) is 0 Å². The minimum absolute atomic E-state index is 0.120. The van der Waals surface area contributed by atoms with Crippen LogP contribution in [-0.4, -0.2) is 37.5 Å². The second-order valence-corrected chi connectivity index (χ2v) is 6.26. The zero-order chi connectivity index (χ0) is 14.4. The molecule has 21 heavy (non-hydrogen) atoms. The highest BCUT2D eigenvalue weighted by molar-refractivity contribution is 8.00. The third-order valence-corrected chi connectivity index (χ3v) is 4.78. The summed E-state index contributed by atoms with van der Waals surface area (Å²) in [5.74, 6) is 1.93. The predicted molar refractivity (Wildman–Crippen MR) is 80.4 cm³/mol. The zero-order valence-corrected chi connectivity index (χ0v) is 12.4. The Hall–Kier alpha value is -1.86. The molecule has 3 heterocycles. The van der Waals surface area contributed by atoms with Crippen LogP contribution in [0, 0.1) is 0 Å². The Morgan fingerprint density at radius 2 is 2.10 bits per heavy atom. The van der Waals surface area contributed by atoms with Gasteiger partial charge in [0.25, 0.3) is 0 Å². The number of hydrogen-bond acceptors (Lipinski definition) is 6. The molecule has 0 saturated carbocycles. The zero-order valence-electron chi connectivity index (χ0n) is 10.8. The van der Waals surface area contributed by atoms with E-state index in [-0.39, 0.29) is 11.8 Å². The molecule has 0 amide bonds. The lowest BCUT2D eigenvalue weighted by Crippen LogP contribution is -2.33. The topological polar surface area (TPSA) is 72.7 Å². The molecule has 0 bridgehead atoms.